The van der Waals surface area contributed by atoms with Gasteiger partial charge in [0.1, 0.15) is 11.6 Å². The summed E-state index contributed by atoms with van der Waals surface area (Å²) in [7, 11) is 1.59. The number of benzene rings is 3. The van der Waals surface area contributed by atoms with E-state index in [2.05, 4.69) is 40.2 Å². The molecule has 3 aromatic carbocycles. The van der Waals surface area contributed by atoms with Crippen LogP contribution in [0.1, 0.15) is 21.7 Å². The lowest BCUT2D eigenvalue weighted by atomic mass is 10.1. The average molecular weight is 385 g/mol. The minimum atomic E-state index is -0.148. The highest BCUT2D eigenvalue weighted by atomic mass is 16.5. The fraction of sp³-hybridized carbons (Fsp3) is 0.167. The summed E-state index contributed by atoms with van der Waals surface area (Å²) in [4.78, 5) is 17.3. The van der Waals surface area contributed by atoms with Crippen molar-refractivity contribution in [2.45, 2.75) is 19.5 Å². The molecule has 1 aromatic heterocycles. The van der Waals surface area contributed by atoms with Gasteiger partial charge in [0.2, 0.25) is 0 Å². The normalized spacial score (nSPS) is 10.8. The highest BCUT2D eigenvalue weighted by Gasteiger charge is 2.13. The van der Waals surface area contributed by atoms with Crippen LogP contribution < -0.4 is 10.1 Å². The first-order valence-electron chi connectivity index (χ1n) is 9.65. The van der Waals surface area contributed by atoms with E-state index in [0.717, 1.165) is 29.8 Å². The van der Waals surface area contributed by atoms with Crippen molar-refractivity contribution >= 4 is 16.9 Å². The van der Waals surface area contributed by atoms with Crippen molar-refractivity contribution in [3.8, 4) is 5.75 Å². The Morgan fingerprint density at radius 2 is 1.79 bits per heavy atom. The van der Waals surface area contributed by atoms with Crippen LogP contribution in [-0.2, 0) is 19.5 Å². The summed E-state index contributed by atoms with van der Waals surface area (Å²) in [5.41, 5.74) is 3.85. The number of methoxy groups -OCH3 is 1. The fourth-order valence-corrected chi connectivity index (χ4v) is 3.42. The molecule has 4 aromatic rings. The molecule has 1 heterocycles. The summed E-state index contributed by atoms with van der Waals surface area (Å²) in [6, 6.07) is 25.6. The van der Waals surface area contributed by atoms with Crippen LogP contribution in [0.5, 0.6) is 5.75 Å². The lowest BCUT2D eigenvalue weighted by molar-refractivity contribution is 0.0949. The summed E-state index contributed by atoms with van der Waals surface area (Å²) in [6.07, 6.45) is 0.901. The van der Waals surface area contributed by atoms with E-state index in [1.807, 2.05) is 36.4 Å². The van der Waals surface area contributed by atoms with Gasteiger partial charge in [0.25, 0.3) is 5.91 Å². The molecule has 4 rings (SSSR count). The Bertz CT molecular complexity index is 1120. The molecule has 0 bridgehead atoms. The predicted molar refractivity (Wildman–Crippen MR) is 114 cm³/mol. The van der Waals surface area contributed by atoms with Crippen molar-refractivity contribution in [2.75, 3.05) is 7.11 Å². The van der Waals surface area contributed by atoms with Gasteiger partial charge in [-0.25, -0.2) is 4.98 Å². The van der Waals surface area contributed by atoms with E-state index in [0.29, 0.717) is 17.9 Å². The van der Waals surface area contributed by atoms with E-state index in [-0.39, 0.29) is 5.91 Å². The Morgan fingerprint density at radius 1 is 1.00 bits per heavy atom. The number of carbonyl (C=O) groups is 1. The number of nitrogens with zero attached hydrogens (tertiary/aromatic N) is 2. The molecule has 5 heteroatoms. The molecule has 0 saturated heterocycles. The molecule has 146 valence electrons. The lowest BCUT2D eigenvalue weighted by Gasteiger charge is -2.11. The maximum Gasteiger partial charge on any atom is 0.251 e. The second kappa shape index (κ2) is 8.61. The number of carbonyl (C=O) groups excluding carboxylic acids is 1. The third-order valence-corrected chi connectivity index (χ3v) is 4.94. The standard InChI is InChI=1S/C24H23N3O2/c1-29-20-11-7-10-19(16-20)24(28)25-17-23-26-21-12-5-6-13-22(21)27(23)15-14-18-8-3-2-4-9-18/h2-13,16H,14-15,17H2,1H3,(H,25,28). The average Bonchev–Trinajstić information content (AvgIpc) is 3.14. The molecule has 0 fully saturated rings. The lowest BCUT2D eigenvalue weighted by Crippen LogP contribution is -2.25. The highest BCUT2D eigenvalue weighted by Crippen LogP contribution is 2.18. The number of amides is 1. The summed E-state index contributed by atoms with van der Waals surface area (Å²) in [5.74, 6) is 1.36. The van der Waals surface area contributed by atoms with E-state index < -0.39 is 0 Å². The molecule has 1 N–H and O–H groups in total. The number of ether oxygens (including phenoxy) is 1. The minimum Gasteiger partial charge on any atom is -0.497 e. The van der Waals surface area contributed by atoms with Crippen molar-refractivity contribution in [2.24, 2.45) is 0 Å². The Balaban J connectivity index is 1.54. The van der Waals surface area contributed by atoms with Crippen LogP contribution in [-0.4, -0.2) is 22.6 Å². The van der Waals surface area contributed by atoms with Crippen LogP contribution in [0.25, 0.3) is 11.0 Å². The molecule has 5 nitrogen and oxygen atoms in total. The number of aryl methyl sites for hydroxylation is 2. The van der Waals surface area contributed by atoms with Gasteiger partial charge in [0.15, 0.2) is 0 Å². The van der Waals surface area contributed by atoms with Gasteiger partial charge >= 0.3 is 0 Å². The van der Waals surface area contributed by atoms with Crippen molar-refractivity contribution in [3.63, 3.8) is 0 Å². The third-order valence-electron chi connectivity index (χ3n) is 4.94. The number of hydrogen-bond donors (Lipinski definition) is 1. The fourth-order valence-electron chi connectivity index (χ4n) is 3.42. The maximum absolute atomic E-state index is 12.6. The molecule has 0 aliphatic rings. The summed E-state index contributed by atoms with van der Waals surface area (Å²) < 4.78 is 7.39. The number of para-hydroxylation sites is 2. The predicted octanol–water partition coefficient (Wildman–Crippen LogP) is 4.22. The molecule has 29 heavy (non-hydrogen) atoms. The zero-order valence-corrected chi connectivity index (χ0v) is 16.3. The Morgan fingerprint density at radius 3 is 2.62 bits per heavy atom. The van der Waals surface area contributed by atoms with Gasteiger partial charge in [-0.05, 0) is 42.3 Å². The number of hydrogen-bond acceptors (Lipinski definition) is 3. The SMILES string of the molecule is COc1cccc(C(=O)NCc2nc3ccccc3n2CCc2ccccc2)c1. The summed E-state index contributed by atoms with van der Waals surface area (Å²) in [6.45, 7) is 1.16. The van der Waals surface area contributed by atoms with Crippen LogP contribution >= 0.6 is 0 Å². The van der Waals surface area contributed by atoms with Crippen LogP contribution in [0.15, 0.2) is 78.9 Å². The van der Waals surface area contributed by atoms with E-state index in [1.165, 1.54) is 5.56 Å². The van der Waals surface area contributed by atoms with Crippen molar-refractivity contribution < 1.29 is 9.53 Å². The first-order valence-corrected chi connectivity index (χ1v) is 9.65. The van der Waals surface area contributed by atoms with Gasteiger partial charge in [0.05, 0.1) is 24.7 Å². The molecule has 0 aliphatic carbocycles. The second-order valence-corrected chi connectivity index (χ2v) is 6.82. The molecule has 0 aliphatic heterocycles. The minimum absolute atomic E-state index is 0.148. The first-order chi connectivity index (χ1) is 14.2. The molecule has 1 amide bonds. The Labute approximate surface area is 170 Å². The third kappa shape index (κ3) is 4.29. The topological polar surface area (TPSA) is 56.1 Å². The monoisotopic (exact) mass is 385 g/mol. The van der Waals surface area contributed by atoms with Gasteiger partial charge in [-0.2, -0.15) is 0 Å². The molecule has 0 unspecified atom stereocenters. The first kappa shape index (κ1) is 18.7. The van der Waals surface area contributed by atoms with E-state index in [1.54, 1.807) is 19.2 Å². The smallest absolute Gasteiger partial charge is 0.251 e. The van der Waals surface area contributed by atoms with Crippen molar-refractivity contribution in [3.05, 3.63) is 95.8 Å². The molecule has 0 spiro atoms. The van der Waals surface area contributed by atoms with Crippen molar-refractivity contribution in [1.82, 2.24) is 14.9 Å². The summed E-state index contributed by atoms with van der Waals surface area (Å²) >= 11 is 0. The summed E-state index contributed by atoms with van der Waals surface area (Å²) in [5, 5.41) is 2.99. The number of aromatic nitrogens is 2. The Kier molecular flexibility index (Phi) is 5.56. The number of imidazole rings is 1. The van der Waals surface area contributed by atoms with E-state index >= 15 is 0 Å². The Hall–Kier alpha value is -3.60. The molecule has 0 atom stereocenters. The van der Waals surface area contributed by atoms with Gasteiger partial charge in [-0.15, -0.1) is 0 Å². The van der Waals surface area contributed by atoms with Gasteiger partial charge in [0, 0.05) is 12.1 Å². The molecular formula is C24H23N3O2. The van der Waals surface area contributed by atoms with Crippen LogP contribution in [0.2, 0.25) is 0 Å². The van der Waals surface area contributed by atoms with Crippen LogP contribution in [0.3, 0.4) is 0 Å². The number of nitrogens with one attached hydrogen (secondary N) is 1. The molecular weight excluding hydrogens is 362 g/mol. The van der Waals surface area contributed by atoms with Crippen molar-refractivity contribution in [1.29, 1.82) is 0 Å². The van der Waals surface area contributed by atoms with Gasteiger partial charge in [-0.3, -0.25) is 4.79 Å². The number of rotatable bonds is 7. The number of fused-ring (bicyclic) bond motifs is 1. The largest absolute Gasteiger partial charge is 0.497 e. The van der Waals surface area contributed by atoms with Crippen LogP contribution in [0.4, 0.5) is 0 Å². The molecule has 0 radical (unpaired) electrons. The maximum atomic E-state index is 12.6. The van der Waals surface area contributed by atoms with Crippen LogP contribution in [0, 0.1) is 0 Å². The van der Waals surface area contributed by atoms with E-state index in [9.17, 15) is 4.79 Å². The zero-order valence-electron chi connectivity index (χ0n) is 16.3. The van der Waals surface area contributed by atoms with Gasteiger partial charge in [-0.1, -0.05) is 48.5 Å². The highest BCUT2D eigenvalue weighted by molar-refractivity contribution is 5.94. The van der Waals surface area contributed by atoms with Gasteiger partial charge < -0.3 is 14.6 Å². The quantitative estimate of drug-likeness (QED) is 0.518. The molecule has 0 saturated carbocycles. The second-order valence-electron chi connectivity index (χ2n) is 6.82. The van der Waals surface area contributed by atoms with E-state index in [4.69, 9.17) is 9.72 Å². The zero-order chi connectivity index (χ0) is 20.1.